The van der Waals surface area contributed by atoms with Crippen molar-refractivity contribution in [3.8, 4) is 0 Å². The quantitative estimate of drug-likeness (QED) is 0.378. The fraction of sp³-hybridized carbons (Fsp3) is 0.500. The second-order valence-electron chi connectivity index (χ2n) is 1.68. The first-order chi connectivity index (χ1) is 4.04. The van der Waals surface area contributed by atoms with Crippen molar-refractivity contribution in [2.45, 2.75) is 12.5 Å². The van der Waals surface area contributed by atoms with Crippen LogP contribution < -0.4 is 17.2 Å². The molecule has 0 aliphatic heterocycles. The van der Waals surface area contributed by atoms with Crippen LogP contribution in [0.4, 0.5) is 0 Å². The number of amides is 2. The van der Waals surface area contributed by atoms with Crippen molar-refractivity contribution in [2.24, 2.45) is 17.2 Å². The van der Waals surface area contributed by atoms with Gasteiger partial charge in [0.05, 0.1) is 12.5 Å². The Labute approximate surface area is 80.6 Å². The van der Waals surface area contributed by atoms with Crippen molar-refractivity contribution >= 4 is 41.4 Å². The molecule has 0 rings (SSSR count). The molecule has 0 aromatic rings. The van der Waals surface area contributed by atoms with Crippen LogP contribution in [0.15, 0.2) is 0 Å². The number of rotatable bonds is 3. The topological polar surface area (TPSA) is 112 Å². The van der Waals surface area contributed by atoms with Gasteiger partial charge in [0.2, 0.25) is 11.8 Å². The van der Waals surface area contributed by atoms with E-state index >= 15 is 0 Å². The Hall–Kier alpha value is -0.100. The molecule has 0 radical (unpaired) electrons. The van der Waals surface area contributed by atoms with Gasteiger partial charge in [0.25, 0.3) is 0 Å². The average molecular weight is 155 g/mol. The third kappa shape index (κ3) is 6.03. The van der Waals surface area contributed by atoms with Crippen LogP contribution in [0.1, 0.15) is 6.42 Å². The van der Waals surface area contributed by atoms with E-state index in [2.05, 4.69) is 0 Å². The van der Waals surface area contributed by atoms with Gasteiger partial charge in [-0.25, -0.2) is 0 Å². The predicted octanol–water partition coefficient (Wildman–Crippen LogP) is -2.97. The summed E-state index contributed by atoms with van der Waals surface area (Å²) in [5.41, 5.74) is 14.5. The minimum atomic E-state index is -0.942. The first kappa shape index (κ1) is 12.6. The Bertz CT molecular complexity index is 138. The van der Waals surface area contributed by atoms with Gasteiger partial charge in [-0.3, -0.25) is 9.59 Å². The van der Waals surface area contributed by atoms with Crippen LogP contribution >= 0.6 is 0 Å². The van der Waals surface area contributed by atoms with E-state index in [1.807, 2.05) is 0 Å². The van der Waals surface area contributed by atoms with Crippen molar-refractivity contribution in [2.75, 3.05) is 0 Å². The Kier molecular flexibility index (Phi) is 7.12. The normalized spacial score (nSPS) is 11.3. The van der Waals surface area contributed by atoms with Gasteiger partial charge in [-0.1, -0.05) is 0 Å². The van der Waals surface area contributed by atoms with Gasteiger partial charge in [-0.2, -0.15) is 0 Å². The molecule has 0 aliphatic carbocycles. The molecule has 0 aromatic heterocycles. The van der Waals surface area contributed by atoms with Crippen LogP contribution in [0.3, 0.4) is 0 Å². The standard InChI is InChI=1S/C4H9N3O2.Na.H/c5-2(4(7)9)1-3(6)8;;/h2H,1,5H2,(H2,6,8)(H2,7,9);;/t2-;;/m0../s1. The van der Waals surface area contributed by atoms with Gasteiger partial charge in [0.1, 0.15) is 0 Å². The molecule has 0 heterocycles. The molecule has 2 amide bonds. The summed E-state index contributed by atoms with van der Waals surface area (Å²) < 4.78 is 0. The van der Waals surface area contributed by atoms with Crippen molar-refractivity contribution in [1.82, 2.24) is 0 Å². The molecular weight excluding hydrogens is 145 g/mol. The molecular formula is C4H10N3NaO2. The zero-order valence-corrected chi connectivity index (χ0v) is 4.83. The van der Waals surface area contributed by atoms with Crippen LogP contribution in [0.2, 0.25) is 0 Å². The summed E-state index contributed by atoms with van der Waals surface area (Å²) in [6.07, 6.45) is -0.185. The van der Waals surface area contributed by atoms with E-state index < -0.39 is 17.9 Å². The van der Waals surface area contributed by atoms with Gasteiger partial charge < -0.3 is 17.2 Å². The first-order valence-electron chi connectivity index (χ1n) is 2.37. The number of hydrogen-bond donors (Lipinski definition) is 3. The van der Waals surface area contributed by atoms with Crippen LogP contribution in [-0.2, 0) is 9.59 Å². The van der Waals surface area contributed by atoms with Crippen molar-refractivity contribution < 1.29 is 9.59 Å². The summed E-state index contributed by atoms with van der Waals surface area (Å²) in [5, 5.41) is 0. The van der Waals surface area contributed by atoms with Gasteiger partial charge in [0, 0.05) is 0 Å². The fourth-order valence-electron chi connectivity index (χ4n) is 0.317. The number of hydrogen-bond acceptors (Lipinski definition) is 3. The van der Waals surface area contributed by atoms with E-state index in [1.54, 1.807) is 0 Å². The van der Waals surface area contributed by atoms with Gasteiger partial charge in [-0.05, 0) is 0 Å². The maximum atomic E-state index is 10.1. The second kappa shape index (κ2) is 5.67. The molecule has 0 saturated heterocycles. The van der Waals surface area contributed by atoms with E-state index in [0.717, 1.165) is 0 Å². The molecule has 5 nitrogen and oxygen atoms in total. The zero-order valence-electron chi connectivity index (χ0n) is 4.83. The molecule has 0 saturated carbocycles. The number of carbonyl (C=O) groups is 2. The summed E-state index contributed by atoms with van der Waals surface area (Å²) in [6, 6.07) is -0.942. The van der Waals surface area contributed by atoms with Gasteiger partial charge in [0.15, 0.2) is 0 Å². The van der Waals surface area contributed by atoms with Crippen molar-refractivity contribution in [1.29, 1.82) is 0 Å². The molecule has 6 N–H and O–H groups in total. The molecule has 54 valence electrons. The maximum absolute atomic E-state index is 10.1. The molecule has 0 aliphatic rings. The number of nitrogens with two attached hydrogens (primary N) is 3. The van der Waals surface area contributed by atoms with E-state index in [9.17, 15) is 9.59 Å². The van der Waals surface area contributed by atoms with Gasteiger partial charge >= 0.3 is 29.6 Å². The zero-order chi connectivity index (χ0) is 7.44. The third-order valence-corrected chi connectivity index (χ3v) is 0.787. The van der Waals surface area contributed by atoms with Crippen LogP contribution in [0.25, 0.3) is 0 Å². The summed E-state index contributed by atoms with van der Waals surface area (Å²) in [7, 11) is 0. The molecule has 10 heavy (non-hydrogen) atoms. The summed E-state index contributed by atoms with van der Waals surface area (Å²) >= 11 is 0. The van der Waals surface area contributed by atoms with Crippen LogP contribution in [0, 0.1) is 0 Å². The Morgan fingerprint density at radius 1 is 1.30 bits per heavy atom. The Balaban J connectivity index is 0. The second-order valence-corrected chi connectivity index (χ2v) is 1.68. The SMILES string of the molecule is NC(=O)C[C@H](N)C(N)=O.[NaH]. The Morgan fingerprint density at radius 3 is 1.80 bits per heavy atom. The van der Waals surface area contributed by atoms with Crippen molar-refractivity contribution in [3.05, 3.63) is 0 Å². The van der Waals surface area contributed by atoms with E-state index in [4.69, 9.17) is 17.2 Å². The molecule has 0 spiro atoms. The molecule has 0 fully saturated rings. The first-order valence-corrected chi connectivity index (χ1v) is 2.37. The monoisotopic (exact) mass is 155 g/mol. The van der Waals surface area contributed by atoms with E-state index in [1.165, 1.54) is 0 Å². The number of primary amides is 2. The molecule has 1 atom stereocenters. The predicted molar refractivity (Wildman–Crippen MR) is 38.1 cm³/mol. The van der Waals surface area contributed by atoms with E-state index in [0.29, 0.717) is 0 Å². The molecule has 0 unspecified atom stereocenters. The fourth-order valence-corrected chi connectivity index (χ4v) is 0.317. The Morgan fingerprint density at radius 2 is 1.70 bits per heavy atom. The van der Waals surface area contributed by atoms with E-state index in [-0.39, 0.29) is 36.0 Å². The summed E-state index contributed by atoms with van der Waals surface area (Å²) in [5.74, 6) is -1.34. The molecule has 6 heteroatoms. The molecule has 0 bridgehead atoms. The third-order valence-electron chi connectivity index (χ3n) is 0.787. The summed E-state index contributed by atoms with van der Waals surface area (Å²) in [4.78, 5) is 20.2. The van der Waals surface area contributed by atoms with Gasteiger partial charge in [-0.15, -0.1) is 0 Å². The minimum absolute atomic E-state index is 0. The average Bonchev–Trinajstić information content (AvgIpc) is 1.63. The van der Waals surface area contributed by atoms with Crippen LogP contribution in [-0.4, -0.2) is 47.4 Å². The van der Waals surface area contributed by atoms with Crippen LogP contribution in [0.5, 0.6) is 0 Å². The molecule has 0 aromatic carbocycles. The summed E-state index contributed by atoms with van der Waals surface area (Å²) in [6.45, 7) is 0. The van der Waals surface area contributed by atoms with Crippen molar-refractivity contribution in [3.63, 3.8) is 0 Å². The number of carbonyl (C=O) groups excluding carboxylic acids is 2.